The van der Waals surface area contributed by atoms with Crippen molar-refractivity contribution in [3.8, 4) is 5.75 Å². The van der Waals surface area contributed by atoms with Gasteiger partial charge in [0.15, 0.2) is 5.54 Å². The fourth-order valence-electron chi connectivity index (χ4n) is 4.05. The fourth-order valence-corrected chi connectivity index (χ4v) is 5.33. The highest BCUT2D eigenvalue weighted by Crippen LogP contribution is 2.53. The number of anilines is 2. The third-order valence-corrected chi connectivity index (χ3v) is 6.35. The first-order valence-corrected chi connectivity index (χ1v) is 10.4. The maximum atomic E-state index is 13.7. The molecule has 1 aromatic heterocycles. The summed E-state index contributed by atoms with van der Waals surface area (Å²) < 4.78 is 44.6. The Bertz CT molecular complexity index is 1210. The molecule has 1 amide bonds. The molecule has 30 heavy (non-hydrogen) atoms. The second-order valence-electron chi connectivity index (χ2n) is 6.89. The highest BCUT2D eigenvalue weighted by Gasteiger charge is 2.60. The number of amides is 1. The van der Waals surface area contributed by atoms with E-state index < -0.39 is 11.9 Å². The number of aromatic nitrogens is 2. The monoisotopic (exact) mass is 565 g/mol. The van der Waals surface area contributed by atoms with Gasteiger partial charge in [0.05, 0.1) is 11.9 Å². The van der Waals surface area contributed by atoms with Crippen LogP contribution in [0.5, 0.6) is 5.75 Å². The molecule has 154 valence electrons. The number of rotatable bonds is 2. The summed E-state index contributed by atoms with van der Waals surface area (Å²) in [4.78, 5) is 19.4. The van der Waals surface area contributed by atoms with Gasteiger partial charge in [0.25, 0.3) is 5.91 Å². The molecule has 0 saturated carbocycles. The van der Waals surface area contributed by atoms with Crippen molar-refractivity contribution in [2.75, 3.05) is 4.90 Å². The molecule has 1 atom stereocenters. The van der Waals surface area contributed by atoms with Gasteiger partial charge in [-0.2, -0.15) is 0 Å². The molecule has 5 rings (SSSR count). The van der Waals surface area contributed by atoms with E-state index in [1.165, 1.54) is 23.1 Å². The molecule has 5 nitrogen and oxygen atoms in total. The zero-order valence-electron chi connectivity index (χ0n) is 14.7. The van der Waals surface area contributed by atoms with Crippen LogP contribution in [0.25, 0.3) is 0 Å². The van der Waals surface area contributed by atoms with Crippen molar-refractivity contribution in [1.82, 2.24) is 9.55 Å². The third-order valence-electron chi connectivity index (χ3n) is 5.15. The zero-order chi connectivity index (χ0) is 21.4. The van der Waals surface area contributed by atoms with E-state index in [1.807, 2.05) is 22.6 Å². The number of halogens is 6. The summed E-state index contributed by atoms with van der Waals surface area (Å²) in [6.07, 6.45) is -2.92. The lowest BCUT2D eigenvalue weighted by Crippen LogP contribution is -2.51. The van der Waals surface area contributed by atoms with E-state index in [4.69, 9.17) is 23.2 Å². The Labute approximate surface area is 191 Å². The number of fused-ring (bicyclic) bond motifs is 4. The van der Waals surface area contributed by atoms with Crippen molar-refractivity contribution in [1.29, 1.82) is 0 Å². The zero-order valence-corrected chi connectivity index (χ0v) is 18.3. The number of imidazole rings is 1. The van der Waals surface area contributed by atoms with E-state index in [-0.39, 0.29) is 11.7 Å². The highest BCUT2D eigenvalue weighted by molar-refractivity contribution is 14.1. The minimum absolute atomic E-state index is 0.317. The number of carbonyl (C=O) groups excluding carboxylic acids is 1. The van der Waals surface area contributed by atoms with Gasteiger partial charge in [0, 0.05) is 16.5 Å². The Morgan fingerprint density at radius 2 is 1.83 bits per heavy atom. The Hall–Kier alpha value is -1.98. The molecule has 1 aliphatic heterocycles. The number of hydrogen-bond acceptors (Lipinski definition) is 3. The summed E-state index contributed by atoms with van der Waals surface area (Å²) in [6.45, 7) is 0. The average molecular weight is 566 g/mol. The molecule has 2 heterocycles. The Balaban J connectivity index is 1.67. The molecule has 0 bridgehead atoms. The lowest BCUT2D eigenvalue weighted by molar-refractivity contribution is -0.274. The van der Waals surface area contributed by atoms with Gasteiger partial charge < -0.3 is 4.74 Å². The Morgan fingerprint density at radius 3 is 2.50 bits per heavy atom. The summed E-state index contributed by atoms with van der Waals surface area (Å²) in [5.74, 6) is -0.386. The van der Waals surface area contributed by atoms with E-state index in [0.29, 0.717) is 37.4 Å². The van der Waals surface area contributed by atoms with Crippen LogP contribution in [0.1, 0.15) is 11.1 Å². The molecule has 1 aliphatic carbocycles. The molecule has 0 unspecified atom stereocenters. The maximum absolute atomic E-state index is 13.7. The van der Waals surface area contributed by atoms with Gasteiger partial charge >= 0.3 is 6.36 Å². The molecule has 2 aliphatic rings. The van der Waals surface area contributed by atoms with Gasteiger partial charge in [-0.1, -0.05) is 29.3 Å². The van der Waals surface area contributed by atoms with Crippen molar-refractivity contribution in [2.45, 2.75) is 18.3 Å². The van der Waals surface area contributed by atoms with E-state index in [1.54, 1.807) is 29.0 Å². The van der Waals surface area contributed by atoms with Crippen molar-refractivity contribution in [3.63, 3.8) is 0 Å². The van der Waals surface area contributed by atoms with E-state index >= 15 is 0 Å². The number of hydrogen-bond donors (Lipinski definition) is 0. The summed E-state index contributed by atoms with van der Waals surface area (Å²) in [5.41, 5.74) is 0.424. The summed E-state index contributed by atoms with van der Waals surface area (Å²) >= 11 is 14.3. The summed E-state index contributed by atoms with van der Waals surface area (Å²) in [7, 11) is 0. The number of benzene rings is 2. The van der Waals surface area contributed by atoms with Crippen molar-refractivity contribution >= 4 is 63.3 Å². The van der Waals surface area contributed by atoms with Gasteiger partial charge in [0.1, 0.15) is 9.45 Å². The van der Waals surface area contributed by atoms with Gasteiger partial charge in [-0.05, 0) is 64.0 Å². The van der Waals surface area contributed by atoms with E-state index in [2.05, 4.69) is 9.72 Å². The van der Waals surface area contributed by atoms with Gasteiger partial charge in [-0.3, -0.25) is 9.36 Å². The van der Waals surface area contributed by atoms with Crippen LogP contribution in [-0.4, -0.2) is 21.8 Å². The first-order chi connectivity index (χ1) is 14.1. The average Bonchev–Trinajstić information content (AvgIpc) is 3.10. The number of nitrogens with zero attached hydrogens (tertiary/aromatic N) is 3. The number of alkyl halides is 3. The Morgan fingerprint density at radius 1 is 1.13 bits per heavy atom. The van der Waals surface area contributed by atoms with Crippen LogP contribution in [0.3, 0.4) is 0 Å². The molecule has 0 N–H and O–H groups in total. The molecular weight excluding hydrogens is 557 g/mol. The topological polar surface area (TPSA) is 47.4 Å². The molecule has 1 spiro atoms. The van der Waals surface area contributed by atoms with Crippen molar-refractivity contribution in [2.24, 2.45) is 0 Å². The van der Waals surface area contributed by atoms with Crippen molar-refractivity contribution in [3.05, 3.63) is 67.5 Å². The van der Waals surface area contributed by atoms with Gasteiger partial charge in [0.2, 0.25) is 5.95 Å². The van der Waals surface area contributed by atoms with Crippen LogP contribution in [0.4, 0.5) is 24.8 Å². The van der Waals surface area contributed by atoms with E-state index in [0.717, 1.165) is 5.56 Å². The van der Waals surface area contributed by atoms with Gasteiger partial charge in [-0.15, -0.1) is 13.2 Å². The predicted molar refractivity (Wildman–Crippen MR) is 112 cm³/mol. The van der Waals surface area contributed by atoms with Crippen LogP contribution in [0, 0.1) is 3.70 Å². The van der Waals surface area contributed by atoms with Crippen LogP contribution in [0.2, 0.25) is 10.0 Å². The second-order valence-corrected chi connectivity index (χ2v) is 8.87. The molecule has 3 aromatic rings. The fraction of sp³-hybridized carbons (Fsp3) is 0.158. The minimum atomic E-state index is -4.83. The molecule has 11 heteroatoms. The van der Waals surface area contributed by atoms with Crippen LogP contribution in [0.15, 0.2) is 42.6 Å². The van der Waals surface area contributed by atoms with Gasteiger partial charge in [-0.25, -0.2) is 9.88 Å². The molecule has 0 fully saturated rings. The van der Waals surface area contributed by atoms with Crippen molar-refractivity contribution < 1.29 is 22.7 Å². The first kappa shape index (κ1) is 20.0. The molecule has 0 radical (unpaired) electrons. The summed E-state index contributed by atoms with van der Waals surface area (Å²) in [6, 6.07) is 8.75. The Kier molecular flexibility index (Phi) is 4.33. The SMILES string of the molecule is O=C1N(c2cc(Cl)cc(Cl)c2)c2ncc(I)n2[C@]12Cc1ccc(OC(F)(F)F)cc12. The highest BCUT2D eigenvalue weighted by atomic mass is 127. The normalized spacial score (nSPS) is 19.7. The first-order valence-electron chi connectivity index (χ1n) is 8.54. The quantitative estimate of drug-likeness (QED) is 0.376. The van der Waals surface area contributed by atoms with Crippen LogP contribution < -0.4 is 9.64 Å². The summed E-state index contributed by atoms with van der Waals surface area (Å²) in [5, 5.41) is 0.683. The molecular formula is C19H9Cl2F3IN3O2. The minimum Gasteiger partial charge on any atom is -0.406 e. The van der Waals surface area contributed by atoms with E-state index in [9.17, 15) is 18.0 Å². The lowest BCUT2D eigenvalue weighted by Gasteiger charge is -2.40. The van der Waals surface area contributed by atoms with Crippen LogP contribution in [-0.2, 0) is 16.8 Å². The standard InChI is InChI=1S/C19H9Cl2F3IN3O2/c20-10-3-11(21)5-12(4-10)27-16(29)18(28-15(25)8-26-17(27)28)7-9-1-2-13(6-14(9)18)30-19(22,23)24/h1-6,8H,7H2/t18-/m0/s1. The largest absolute Gasteiger partial charge is 0.573 e. The third kappa shape index (κ3) is 2.82. The maximum Gasteiger partial charge on any atom is 0.573 e. The second kappa shape index (κ2) is 6.51. The lowest BCUT2D eigenvalue weighted by atomic mass is 9.70. The number of carbonyl (C=O) groups is 1. The smallest absolute Gasteiger partial charge is 0.406 e. The molecule has 2 aromatic carbocycles. The predicted octanol–water partition coefficient (Wildman–Crippen LogP) is 5.67. The van der Waals surface area contributed by atoms with Crippen LogP contribution >= 0.6 is 45.8 Å². The number of ether oxygens (including phenoxy) is 1. The molecule has 0 saturated heterocycles.